The van der Waals surface area contributed by atoms with Crippen molar-refractivity contribution in [1.82, 2.24) is 0 Å². The number of carbonyl (C=O) groups excluding carboxylic acids is 2. The molecule has 0 heterocycles. The lowest BCUT2D eigenvalue weighted by molar-refractivity contribution is -0.118. The van der Waals surface area contributed by atoms with E-state index < -0.39 is 0 Å². The molecule has 3 fully saturated rings. The van der Waals surface area contributed by atoms with Crippen LogP contribution in [0.15, 0.2) is 23.8 Å². The second-order valence-electron chi connectivity index (χ2n) is 9.20. The van der Waals surface area contributed by atoms with Gasteiger partial charge in [0.05, 0.1) is 6.10 Å². The SMILES string of the molecule is CC(=O)CC[C@]12C=CC(=O)C=C1CC[C@H]1[C@@H]3CC[C@H](O)[C@@]3(C)CC[C@@H]12. The number of Topliss-reactive ketones (excluding diaryl/α,β-unsaturated/α-hetero) is 1. The highest BCUT2D eigenvalue weighted by molar-refractivity contribution is 6.01. The highest BCUT2D eigenvalue weighted by Gasteiger charge is 2.59. The Morgan fingerprint density at radius 3 is 2.80 bits per heavy atom. The van der Waals surface area contributed by atoms with Crippen molar-refractivity contribution in [2.75, 3.05) is 0 Å². The molecule has 0 aliphatic heterocycles. The molecule has 0 amide bonds. The number of fused-ring (bicyclic) bond motifs is 5. The van der Waals surface area contributed by atoms with Crippen LogP contribution in [0.2, 0.25) is 0 Å². The van der Waals surface area contributed by atoms with Crippen LogP contribution in [0.5, 0.6) is 0 Å². The first-order valence-corrected chi connectivity index (χ1v) is 9.98. The fourth-order valence-corrected chi connectivity index (χ4v) is 6.80. The van der Waals surface area contributed by atoms with Crippen molar-refractivity contribution in [3.8, 4) is 0 Å². The molecule has 0 bridgehead atoms. The van der Waals surface area contributed by atoms with Crippen molar-refractivity contribution in [3.63, 3.8) is 0 Å². The highest BCUT2D eigenvalue weighted by Crippen LogP contribution is 2.65. The summed E-state index contributed by atoms with van der Waals surface area (Å²) < 4.78 is 0. The van der Waals surface area contributed by atoms with E-state index in [0.29, 0.717) is 24.2 Å². The number of carbonyl (C=O) groups is 2. The molecule has 0 aromatic rings. The van der Waals surface area contributed by atoms with E-state index >= 15 is 0 Å². The standard InChI is InChI=1S/C22H30O3/c1-14(23)7-11-22-12-8-16(24)13-15(22)3-4-17-18-5-6-20(25)21(18,2)10-9-19(17)22/h8,12-13,17-20,25H,3-7,9-11H2,1-2H3/t17-,18-,19-,20-,21-,22-/m0/s1. The normalized spacial score (nSPS) is 45.4. The number of hydrogen-bond donors (Lipinski definition) is 1. The van der Waals surface area contributed by atoms with Crippen LogP contribution in [0.3, 0.4) is 0 Å². The van der Waals surface area contributed by atoms with E-state index in [1.165, 1.54) is 5.57 Å². The number of hydrogen-bond acceptors (Lipinski definition) is 3. The summed E-state index contributed by atoms with van der Waals surface area (Å²) in [5, 5.41) is 10.6. The first-order valence-electron chi connectivity index (χ1n) is 9.98. The molecule has 3 nitrogen and oxygen atoms in total. The van der Waals surface area contributed by atoms with Gasteiger partial charge in [0.1, 0.15) is 5.78 Å². The largest absolute Gasteiger partial charge is 0.393 e. The summed E-state index contributed by atoms with van der Waals surface area (Å²) in [5.74, 6) is 2.04. The molecule has 0 spiro atoms. The van der Waals surface area contributed by atoms with Crippen LogP contribution in [0.1, 0.15) is 65.2 Å². The number of aliphatic hydroxyl groups is 1. The van der Waals surface area contributed by atoms with Gasteiger partial charge < -0.3 is 9.90 Å². The van der Waals surface area contributed by atoms with E-state index in [2.05, 4.69) is 13.0 Å². The lowest BCUT2D eigenvalue weighted by Crippen LogP contribution is -2.51. The molecule has 0 radical (unpaired) electrons. The third-order valence-electron chi connectivity index (χ3n) is 8.15. The van der Waals surface area contributed by atoms with E-state index in [0.717, 1.165) is 44.9 Å². The Kier molecular flexibility index (Phi) is 4.06. The van der Waals surface area contributed by atoms with Crippen LogP contribution < -0.4 is 0 Å². The van der Waals surface area contributed by atoms with Crippen molar-refractivity contribution in [3.05, 3.63) is 23.8 Å². The Morgan fingerprint density at radius 2 is 2.04 bits per heavy atom. The predicted octanol–water partition coefficient (Wildman–Crippen LogP) is 4.00. The van der Waals surface area contributed by atoms with Crippen LogP contribution >= 0.6 is 0 Å². The molecule has 3 heteroatoms. The maximum Gasteiger partial charge on any atom is 0.178 e. The molecule has 6 atom stereocenters. The lowest BCUT2D eigenvalue weighted by Gasteiger charge is -2.57. The van der Waals surface area contributed by atoms with Gasteiger partial charge in [-0.25, -0.2) is 0 Å². The van der Waals surface area contributed by atoms with Gasteiger partial charge in [-0.1, -0.05) is 18.6 Å². The first-order chi connectivity index (χ1) is 11.9. The fourth-order valence-electron chi connectivity index (χ4n) is 6.80. The second-order valence-corrected chi connectivity index (χ2v) is 9.20. The third-order valence-corrected chi connectivity index (χ3v) is 8.15. The quantitative estimate of drug-likeness (QED) is 0.843. The number of ketones is 2. The van der Waals surface area contributed by atoms with Gasteiger partial charge in [-0.2, -0.15) is 0 Å². The summed E-state index contributed by atoms with van der Waals surface area (Å²) in [6.07, 6.45) is 13.3. The van der Waals surface area contributed by atoms with Gasteiger partial charge in [0.15, 0.2) is 5.78 Å². The Morgan fingerprint density at radius 1 is 1.24 bits per heavy atom. The first kappa shape index (κ1) is 17.2. The smallest absolute Gasteiger partial charge is 0.178 e. The van der Waals surface area contributed by atoms with E-state index in [4.69, 9.17) is 0 Å². The van der Waals surface area contributed by atoms with Crippen molar-refractivity contribution in [1.29, 1.82) is 0 Å². The maximum atomic E-state index is 12.0. The Bertz CT molecular complexity index is 660. The summed E-state index contributed by atoms with van der Waals surface area (Å²) in [7, 11) is 0. The number of allylic oxidation sites excluding steroid dienone is 4. The van der Waals surface area contributed by atoms with E-state index in [1.54, 1.807) is 13.0 Å². The summed E-state index contributed by atoms with van der Waals surface area (Å²) in [6.45, 7) is 3.96. The minimum Gasteiger partial charge on any atom is -0.393 e. The van der Waals surface area contributed by atoms with Gasteiger partial charge in [-0.05, 0) is 87.2 Å². The van der Waals surface area contributed by atoms with Crippen molar-refractivity contribution in [2.24, 2.45) is 28.6 Å². The van der Waals surface area contributed by atoms with Crippen molar-refractivity contribution in [2.45, 2.75) is 71.3 Å². The Labute approximate surface area is 150 Å². The summed E-state index contributed by atoms with van der Waals surface area (Å²) >= 11 is 0. The van der Waals surface area contributed by atoms with E-state index in [-0.39, 0.29) is 28.5 Å². The number of rotatable bonds is 3. The zero-order chi connectivity index (χ0) is 17.8. The Balaban J connectivity index is 1.71. The molecular formula is C22H30O3. The van der Waals surface area contributed by atoms with Gasteiger partial charge in [0.25, 0.3) is 0 Å². The molecule has 0 saturated heterocycles. The van der Waals surface area contributed by atoms with Crippen LogP contribution in [0, 0.1) is 28.6 Å². The molecule has 4 aliphatic rings. The molecule has 4 aliphatic carbocycles. The average molecular weight is 342 g/mol. The molecule has 1 N–H and O–H groups in total. The van der Waals surface area contributed by atoms with Gasteiger partial charge in [0, 0.05) is 11.8 Å². The zero-order valence-corrected chi connectivity index (χ0v) is 15.5. The molecular weight excluding hydrogens is 312 g/mol. The molecule has 0 unspecified atom stereocenters. The van der Waals surface area contributed by atoms with Crippen LogP contribution in [0.25, 0.3) is 0 Å². The maximum absolute atomic E-state index is 12.0. The summed E-state index contributed by atoms with van der Waals surface area (Å²) in [5.41, 5.74) is 1.24. The molecule has 0 aromatic carbocycles. The third kappa shape index (κ3) is 2.50. The van der Waals surface area contributed by atoms with Crippen molar-refractivity contribution < 1.29 is 14.7 Å². The topological polar surface area (TPSA) is 54.4 Å². The zero-order valence-electron chi connectivity index (χ0n) is 15.5. The molecule has 0 aromatic heterocycles. The van der Waals surface area contributed by atoms with Gasteiger partial charge in [0.2, 0.25) is 0 Å². The van der Waals surface area contributed by atoms with Gasteiger partial charge in [-0.15, -0.1) is 0 Å². The Hall–Kier alpha value is -1.22. The number of aliphatic hydroxyl groups excluding tert-OH is 1. The second kappa shape index (κ2) is 5.90. The van der Waals surface area contributed by atoms with Crippen molar-refractivity contribution >= 4 is 11.6 Å². The molecule has 3 saturated carbocycles. The molecule has 25 heavy (non-hydrogen) atoms. The van der Waals surface area contributed by atoms with E-state index in [9.17, 15) is 14.7 Å². The lowest BCUT2D eigenvalue weighted by atomic mass is 9.47. The minimum atomic E-state index is -0.160. The average Bonchev–Trinajstić information content (AvgIpc) is 2.88. The minimum absolute atomic E-state index is 0.0678. The highest BCUT2D eigenvalue weighted by atomic mass is 16.3. The van der Waals surface area contributed by atoms with Gasteiger partial charge in [-0.3, -0.25) is 4.79 Å². The summed E-state index contributed by atoms with van der Waals surface area (Å²) in [6, 6.07) is 0. The van der Waals surface area contributed by atoms with Gasteiger partial charge >= 0.3 is 0 Å². The predicted molar refractivity (Wildman–Crippen MR) is 96.9 cm³/mol. The van der Waals surface area contributed by atoms with E-state index in [1.807, 2.05) is 6.08 Å². The van der Waals surface area contributed by atoms with Crippen LogP contribution in [-0.4, -0.2) is 22.8 Å². The van der Waals surface area contributed by atoms with Crippen LogP contribution in [0.4, 0.5) is 0 Å². The fraction of sp³-hybridized carbons (Fsp3) is 0.727. The molecule has 4 rings (SSSR count). The summed E-state index contributed by atoms with van der Waals surface area (Å²) in [4.78, 5) is 23.7. The molecule has 136 valence electrons. The monoisotopic (exact) mass is 342 g/mol. The van der Waals surface area contributed by atoms with Crippen LogP contribution in [-0.2, 0) is 9.59 Å².